The van der Waals surface area contributed by atoms with Crippen molar-refractivity contribution in [2.75, 3.05) is 24.7 Å². The molecule has 0 bridgehead atoms. The Morgan fingerprint density at radius 1 is 1.10 bits per heavy atom. The predicted octanol–water partition coefficient (Wildman–Crippen LogP) is 2.88. The van der Waals surface area contributed by atoms with Crippen molar-refractivity contribution >= 4 is 29.6 Å². The molecule has 0 saturated carbocycles. The summed E-state index contributed by atoms with van der Waals surface area (Å²) in [5.74, 6) is -1.16. The minimum Gasteiger partial charge on any atom is -0.480 e. The number of hydrogen-bond acceptors (Lipinski definition) is 9. The second-order valence-corrected chi connectivity index (χ2v) is 10.7. The molecule has 3 unspecified atom stereocenters. The molecule has 0 saturated heterocycles. The highest BCUT2D eigenvalue weighted by Crippen LogP contribution is 2.25. The zero-order valence-corrected chi connectivity index (χ0v) is 23.2. The van der Waals surface area contributed by atoms with Gasteiger partial charge in [0.25, 0.3) is 5.09 Å². The molecule has 2 aromatic carbocycles. The first kappa shape index (κ1) is 30.9. The minimum absolute atomic E-state index is 0.0538. The molecular weight excluding hydrogens is 538 g/mol. The number of carbonyl (C=O) groups excluding carboxylic acids is 2. The fraction of sp³-hybridized carbons (Fsp3) is 0.464. The molecule has 1 amide bonds. The van der Waals surface area contributed by atoms with Gasteiger partial charge in [0, 0.05) is 24.5 Å². The molecule has 2 N–H and O–H groups in total. The molecule has 3 rings (SSSR count). The lowest BCUT2D eigenvalue weighted by atomic mass is 9.93. The Bertz CT molecular complexity index is 1150. The number of carboxylic acid groups (broad SMARTS) is 1. The molecule has 0 radical (unpaired) electrons. The Balaban J connectivity index is 1.59. The zero-order chi connectivity index (χ0) is 28.9. The molecule has 12 heteroatoms. The van der Waals surface area contributed by atoms with Gasteiger partial charge in [-0.3, -0.25) is 14.9 Å². The van der Waals surface area contributed by atoms with Crippen molar-refractivity contribution < 1.29 is 34.2 Å². The Hall–Kier alpha value is -3.64. The van der Waals surface area contributed by atoms with Gasteiger partial charge in [0.15, 0.2) is 0 Å². The molecule has 0 aromatic heterocycles. The lowest BCUT2D eigenvalue weighted by molar-refractivity contribution is -0.756. The number of rotatable bonds is 16. The number of carbonyl (C=O) groups is 3. The largest absolute Gasteiger partial charge is 0.480 e. The summed E-state index contributed by atoms with van der Waals surface area (Å²) in [6.07, 6.45) is 2.00. The van der Waals surface area contributed by atoms with E-state index in [2.05, 4.69) is 10.2 Å². The third-order valence-electron chi connectivity index (χ3n) is 6.62. The van der Waals surface area contributed by atoms with Gasteiger partial charge >= 0.3 is 11.9 Å². The number of aliphatic carboxylic acids is 1. The van der Waals surface area contributed by atoms with E-state index in [-0.39, 0.29) is 32.1 Å². The van der Waals surface area contributed by atoms with Crippen LogP contribution in [0.15, 0.2) is 54.6 Å². The summed E-state index contributed by atoms with van der Waals surface area (Å²) in [5, 5.41) is 22.1. The third kappa shape index (κ3) is 9.53. The van der Waals surface area contributed by atoms with Crippen molar-refractivity contribution in [3.05, 3.63) is 81.4 Å². The van der Waals surface area contributed by atoms with E-state index < -0.39 is 35.2 Å². The van der Waals surface area contributed by atoms with Gasteiger partial charge in [-0.1, -0.05) is 54.6 Å². The normalized spacial score (nSPS) is 15.9. The number of thioether (sulfide) groups is 1. The van der Waals surface area contributed by atoms with Crippen LogP contribution in [0.25, 0.3) is 0 Å². The van der Waals surface area contributed by atoms with Crippen molar-refractivity contribution in [1.29, 1.82) is 0 Å². The first-order valence-corrected chi connectivity index (χ1v) is 14.3. The summed E-state index contributed by atoms with van der Waals surface area (Å²) in [5.41, 5.74) is 2.99. The second-order valence-electron chi connectivity index (χ2n) is 9.45. The van der Waals surface area contributed by atoms with E-state index in [4.69, 9.17) is 4.74 Å². The van der Waals surface area contributed by atoms with Gasteiger partial charge in [-0.25, -0.2) is 4.79 Å². The van der Waals surface area contributed by atoms with Crippen molar-refractivity contribution in [3.63, 3.8) is 0 Å². The van der Waals surface area contributed by atoms with Crippen LogP contribution in [0.3, 0.4) is 0 Å². The van der Waals surface area contributed by atoms with Gasteiger partial charge in [0.1, 0.15) is 25.3 Å². The smallest absolute Gasteiger partial charge is 0.329 e. The molecule has 1 aliphatic heterocycles. The summed E-state index contributed by atoms with van der Waals surface area (Å²) in [6.45, 7) is 1.85. The standard InChI is InChI=1S/C28H35N3O8S/c1-20(29-24(27(33)34)13-7-10-21-8-3-2-4-9-21)26(32)30-19-23-12-6-5-11-22(23)18-25(30)28(35)38-14-16-40-17-15-39-31(36)37/h2-6,8-9,11-12,20,24-25,29H,7,10,13-19H2,1H3,(H,33,34). The SMILES string of the molecule is CC(NC(CCCc1ccccc1)C(=O)O)C(=O)N1Cc2ccccc2CC1C(=O)OCCSCCO[N+](=O)[O-]. The number of fused-ring (bicyclic) bond motifs is 1. The van der Waals surface area contributed by atoms with Crippen molar-refractivity contribution in [3.8, 4) is 0 Å². The van der Waals surface area contributed by atoms with E-state index in [0.29, 0.717) is 24.3 Å². The van der Waals surface area contributed by atoms with Crippen molar-refractivity contribution in [2.45, 2.75) is 57.3 Å². The molecule has 0 fully saturated rings. The molecule has 1 heterocycles. The number of nitrogens with one attached hydrogen (secondary N) is 1. The van der Waals surface area contributed by atoms with Gasteiger partial charge in [0.05, 0.1) is 6.04 Å². The second kappa shape index (κ2) is 15.8. The maximum absolute atomic E-state index is 13.6. The number of esters is 1. The van der Waals surface area contributed by atoms with Gasteiger partial charge < -0.3 is 19.6 Å². The fourth-order valence-corrected chi connectivity index (χ4v) is 5.19. The van der Waals surface area contributed by atoms with Gasteiger partial charge in [0.2, 0.25) is 5.91 Å². The highest BCUT2D eigenvalue weighted by molar-refractivity contribution is 7.99. The Morgan fingerprint density at radius 3 is 2.48 bits per heavy atom. The van der Waals surface area contributed by atoms with Gasteiger partial charge in [-0.2, -0.15) is 11.8 Å². The van der Waals surface area contributed by atoms with Crippen LogP contribution in [0.2, 0.25) is 0 Å². The molecule has 40 heavy (non-hydrogen) atoms. The number of hydrogen-bond donors (Lipinski definition) is 2. The van der Waals surface area contributed by atoms with E-state index in [1.165, 1.54) is 16.7 Å². The van der Waals surface area contributed by atoms with Crippen LogP contribution < -0.4 is 5.32 Å². The molecule has 3 atom stereocenters. The van der Waals surface area contributed by atoms with Crippen LogP contribution >= 0.6 is 11.8 Å². The monoisotopic (exact) mass is 573 g/mol. The number of aryl methyl sites for hydroxylation is 1. The van der Waals surface area contributed by atoms with Gasteiger partial charge in [-0.05, 0) is 42.9 Å². The summed E-state index contributed by atoms with van der Waals surface area (Å²) in [4.78, 5) is 54.5. The zero-order valence-electron chi connectivity index (χ0n) is 22.4. The summed E-state index contributed by atoms with van der Waals surface area (Å²) >= 11 is 1.35. The van der Waals surface area contributed by atoms with Crippen LogP contribution in [0, 0.1) is 10.1 Å². The summed E-state index contributed by atoms with van der Waals surface area (Å²) in [7, 11) is 0. The molecular formula is C28H35N3O8S. The topological polar surface area (TPSA) is 148 Å². The molecule has 11 nitrogen and oxygen atoms in total. The highest BCUT2D eigenvalue weighted by atomic mass is 32.2. The number of amides is 1. The van der Waals surface area contributed by atoms with E-state index in [1.807, 2.05) is 54.6 Å². The van der Waals surface area contributed by atoms with Crippen LogP contribution in [-0.2, 0) is 43.3 Å². The fourth-order valence-electron chi connectivity index (χ4n) is 4.59. The Morgan fingerprint density at radius 2 is 1.77 bits per heavy atom. The highest BCUT2D eigenvalue weighted by Gasteiger charge is 2.38. The average Bonchev–Trinajstić information content (AvgIpc) is 2.95. The maximum atomic E-state index is 13.6. The average molecular weight is 574 g/mol. The number of benzene rings is 2. The number of nitrogens with zero attached hydrogens (tertiary/aromatic N) is 2. The van der Waals surface area contributed by atoms with E-state index in [9.17, 15) is 29.6 Å². The first-order chi connectivity index (χ1) is 19.3. The Kier molecular flexibility index (Phi) is 12.2. The molecule has 0 aliphatic carbocycles. The number of carboxylic acids is 1. The lowest BCUT2D eigenvalue weighted by Crippen LogP contribution is -2.56. The lowest BCUT2D eigenvalue weighted by Gasteiger charge is -2.37. The minimum atomic E-state index is -1.03. The predicted molar refractivity (Wildman–Crippen MR) is 149 cm³/mol. The van der Waals surface area contributed by atoms with Crippen molar-refractivity contribution in [1.82, 2.24) is 10.2 Å². The summed E-state index contributed by atoms with van der Waals surface area (Å²) < 4.78 is 5.46. The van der Waals surface area contributed by atoms with E-state index in [1.54, 1.807) is 6.92 Å². The Labute approximate surface area is 237 Å². The van der Waals surface area contributed by atoms with Crippen LogP contribution in [0.5, 0.6) is 0 Å². The van der Waals surface area contributed by atoms with Crippen LogP contribution in [0.4, 0.5) is 0 Å². The third-order valence-corrected chi connectivity index (χ3v) is 7.53. The van der Waals surface area contributed by atoms with Crippen molar-refractivity contribution in [2.24, 2.45) is 0 Å². The quantitative estimate of drug-likeness (QED) is 0.133. The molecule has 216 valence electrons. The van der Waals surface area contributed by atoms with Crippen LogP contribution in [0.1, 0.15) is 36.5 Å². The summed E-state index contributed by atoms with van der Waals surface area (Å²) in [6, 6.07) is 14.8. The van der Waals surface area contributed by atoms with E-state index >= 15 is 0 Å². The van der Waals surface area contributed by atoms with E-state index in [0.717, 1.165) is 23.1 Å². The first-order valence-electron chi connectivity index (χ1n) is 13.2. The molecule has 1 aliphatic rings. The molecule has 0 spiro atoms. The molecule has 2 aromatic rings. The maximum Gasteiger partial charge on any atom is 0.329 e. The van der Waals surface area contributed by atoms with Crippen LogP contribution in [-0.4, -0.2) is 75.8 Å². The number of ether oxygens (including phenoxy) is 1. The van der Waals surface area contributed by atoms with Gasteiger partial charge in [-0.15, -0.1) is 10.1 Å².